The molecule has 1 aromatic rings. The molecule has 5 nitrogen and oxygen atoms in total. The molecule has 0 amide bonds. The topological polar surface area (TPSA) is 62.2 Å². The van der Waals surface area contributed by atoms with E-state index in [1.807, 2.05) is 0 Å². The largest absolute Gasteiger partial charge is 0.354 e. The second-order valence-corrected chi connectivity index (χ2v) is 2.37. The van der Waals surface area contributed by atoms with Crippen LogP contribution in [-0.4, -0.2) is 29.0 Å². The van der Waals surface area contributed by atoms with Crippen LogP contribution in [0.15, 0.2) is 23.6 Å². The van der Waals surface area contributed by atoms with E-state index < -0.39 is 0 Å². The third-order valence-electron chi connectivity index (χ3n) is 1.48. The van der Waals surface area contributed by atoms with Crippen LogP contribution in [0.2, 0.25) is 0 Å². The molecule has 0 spiro atoms. The summed E-state index contributed by atoms with van der Waals surface area (Å²) in [7, 11) is 0. The second kappa shape index (κ2) is 3.17. The van der Waals surface area contributed by atoms with Gasteiger partial charge < -0.3 is 10.6 Å². The monoisotopic (exact) mass is 163 g/mol. The second-order valence-electron chi connectivity index (χ2n) is 2.37. The molecule has 2 heterocycles. The number of aromatic nitrogens is 2. The lowest BCUT2D eigenvalue weighted by atomic mass is 10.6. The Hall–Kier alpha value is -1.65. The number of hydrogen-bond acceptors (Lipinski definition) is 5. The lowest BCUT2D eigenvalue weighted by Crippen LogP contribution is -2.26. The minimum atomic E-state index is 0.714. The summed E-state index contributed by atoms with van der Waals surface area (Å²) in [5, 5.41) is 6.08. The first-order valence-corrected chi connectivity index (χ1v) is 3.76. The zero-order valence-corrected chi connectivity index (χ0v) is 6.49. The van der Waals surface area contributed by atoms with Crippen LogP contribution in [0, 0.1) is 0 Å². The molecule has 0 bridgehead atoms. The van der Waals surface area contributed by atoms with Gasteiger partial charge in [0.2, 0.25) is 0 Å². The lowest BCUT2D eigenvalue weighted by Gasteiger charge is -2.03. The average Bonchev–Trinajstić information content (AvgIpc) is 2.59. The summed E-state index contributed by atoms with van der Waals surface area (Å²) in [6.07, 6.45) is 4.93. The SMILES string of the molecule is c1cnc(NC2=NCCN2)cn1. The zero-order valence-electron chi connectivity index (χ0n) is 6.49. The van der Waals surface area contributed by atoms with Gasteiger partial charge >= 0.3 is 0 Å². The standard InChI is InChI=1S/C7H9N5/c1-2-9-6(5-8-1)12-7-10-3-4-11-7/h1-2,5H,3-4H2,(H2,9,10,11,12). The van der Waals surface area contributed by atoms with E-state index in [1.54, 1.807) is 18.6 Å². The maximum atomic E-state index is 4.16. The highest BCUT2D eigenvalue weighted by Crippen LogP contribution is 1.97. The van der Waals surface area contributed by atoms with E-state index in [0.29, 0.717) is 5.82 Å². The summed E-state index contributed by atoms with van der Waals surface area (Å²) in [4.78, 5) is 12.1. The number of hydrogen-bond donors (Lipinski definition) is 2. The molecule has 0 aliphatic carbocycles. The Labute approximate surface area is 70.0 Å². The number of guanidine groups is 1. The van der Waals surface area contributed by atoms with Crippen LogP contribution in [0.3, 0.4) is 0 Å². The summed E-state index contributed by atoms with van der Waals surface area (Å²) < 4.78 is 0. The van der Waals surface area contributed by atoms with Crippen molar-refractivity contribution in [1.82, 2.24) is 15.3 Å². The van der Waals surface area contributed by atoms with Gasteiger partial charge in [-0.3, -0.25) is 9.98 Å². The Kier molecular flexibility index (Phi) is 1.85. The normalized spacial score (nSPS) is 15.2. The van der Waals surface area contributed by atoms with Crippen molar-refractivity contribution in [2.75, 3.05) is 18.4 Å². The summed E-state index contributed by atoms with van der Waals surface area (Å²) in [6.45, 7) is 1.71. The number of rotatable bonds is 1. The van der Waals surface area contributed by atoms with Crippen LogP contribution in [0.1, 0.15) is 0 Å². The first-order valence-electron chi connectivity index (χ1n) is 3.76. The van der Waals surface area contributed by atoms with Gasteiger partial charge in [0.25, 0.3) is 0 Å². The van der Waals surface area contributed by atoms with Gasteiger partial charge in [-0.2, -0.15) is 0 Å². The van der Waals surface area contributed by atoms with E-state index >= 15 is 0 Å². The molecule has 0 saturated heterocycles. The molecule has 0 fully saturated rings. The van der Waals surface area contributed by atoms with Crippen LogP contribution < -0.4 is 10.6 Å². The third-order valence-corrected chi connectivity index (χ3v) is 1.48. The Morgan fingerprint density at radius 2 is 2.42 bits per heavy atom. The van der Waals surface area contributed by atoms with Crippen molar-refractivity contribution in [2.45, 2.75) is 0 Å². The highest BCUT2D eigenvalue weighted by Gasteiger charge is 2.04. The first-order chi connectivity index (χ1) is 5.95. The predicted molar refractivity (Wildman–Crippen MR) is 46.0 cm³/mol. The highest BCUT2D eigenvalue weighted by molar-refractivity contribution is 5.93. The quantitative estimate of drug-likeness (QED) is 0.604. The van der Waals surface area contributed by atoms with Gasteiger partial charge in [-0.15, -0.1) is 0 Å². The van der Waals surface area contributed by atoms with E-state index in [-0.39, 0.29) is 0 Å². The van der Waals surface area contributed by atoms with Crippen molar-refractivity contribution >= 4 is 11.8 Å². The van der Waals surface area contributed by atoms with Gasteiger partial charge in [-0.1, -0.05) is 0 Å². The molecule has 0 aromatic carbocycles. The Balaban J connectivity index is 2.04. The van der Waals surface area contributed by atoms with E-state index in [9.17, 15) is 0 Å². The molecule has 0 radical (unpaired) electrons. The van der Waals surface area contributed by atoms with Crippen LogP contribution in [0.25, 0.3) is 0 Å². The number of nitrogens with zero attached hydrogens (tertiary/aromatic N) is 3. The first kappa shape index (κ1) is 7.02. The molecule has 2 N–H and O–H groups in total. The molecule has 0 unspecified atom stereocenters. The summed E-state index contributed by atoms with van der Waals surface area (Å²) in [6, 6.07) is 0. The van der Waals surface area contributed by atoms with E-state index in [0.717, 1.165) is 19.0 Å². The number of nitrogens with one attached hydrogen (secondary N) is 2. The minimum absolute atomic E-state index is 0.714. The molecule has 12 heavy (non-hydrogen) atoms. The molecule has 2 rings (SSSR count). The Morgan fingerprint density at radius 3 is 3.08 bits per heavy atom. The predicted octanol–water partition coefficient (Wildman–Crippen LogP) is -0.152. The Morgan fingerprint density at radius 1 is 1.42 bits per heavy atom. The van der Waals surface area contributed by atoms with E-state index in [2.05, 4.69) is 25.6 Å². The molecular formula is C7H9N5. The van der Waals surface area contributed by atoms with Gasteiger partial charge in [0, 0.05) is 18.9 Å². The fraction of sp³-hybridized carbons (Fsp3) is 0.286. The van der Waals surface area contributed by atoms with E-state index in [4.69, 9.17) is 0 Å². The van der Waals surface area contributed by atoms with Crippen LogP contribution >= 0.6 is 0 Å². The maximum Gasteiger partial charge on any atom is 0.197 e. The van der Waals surface area contributed by atoms with Crippen molar-refractivity contribution < 1.29 is 0 Å². The molecule has 1 aliphatic heterocycles. The molecule has 1 aromatic heterocycles. The Bertz CT molecular complexity index is 281. The molecule has 62 valence electrons. The van der Waals surface area contributed by atoms with E-state index in [1.165, 1.54) is 0 Å². The van der Waals surface area contributed by atoms with Crippen molar-refractivity contribution in [3.05, 3.63) is 18.6 Å². The van der Waals surface area contributed by atoms with Crippen LogP contribution in [-0.2, 0) is 0 Å². The summed E-state index contributed by atoms with van der Waals surface area (Å²) >= 11 is 0. The number of anilines is 1. The van der Waals surface area contributed by atoms with Gasteiger partial charge in [0.1, 0.15) is 0 Å². The zero-order chi connectivity index (χ0) is 8.23. The van der Waals surface area contributed by atoms with Crippen LogP contribution in [0.4, 0.5) is 5.82 Å². The molecule has 1 aliphatic rings. The van der Waals surface area contributed by atoms with Crippen molar-refractivity contribution in [1.29, 1.82) is 0 Å². The fourth-order valence-electron chi connectivity index (χ4n) is 0.967. The minimum Gasteiger partial charge on any atom is -0.354 e. The van der Waals surface area contributed by atoms with Crippen molar-refractivity contribution in [3.63, 3.8) is 0 Å². The van der Waals surface area contributed by atoms with Gasteiger partial charge in [-0.25, -0.2) is 4.98 Å². The average molecular weight is 163 g/mol. The molecule has 5 heteroatoms. The van der Waals surface area contributed by atoms with Crippen molar-refractivity contribution in [3.8, 4) is 0 Å². The fourth-order valence-corrected chi connectivity index (χ4v) is 0.967. The summed E-state index contributed by atoms with van der Waals surface area (Å²) in [5.41, 5.74) is 0. The van der Waals surface area contributed by atoms with Crippen LogP contribution in [0.5, 0.6) is 0 Å². The maximum absolute atomic E-state index is 4.16. The lowest BCUT2D eigenvalue weighted by molar-refractivity contribution is 0.958. The summed E-state index contributed by atoms with van der Waals surface area (Å²) in [5.74, 6) is 1.49. The van der Waals surface area contributed by atoms with Crippen molar-refractivity contribution in [2.24, 2.45) is 4.99 Å². The highest BCUT2D eigenvalue weighted by atomic mass is 15.2. The number of aliphatic imine (C=N–C) groups is 1. The third kappa shape index (κ3) is 1.50. The molecular weight excluding hydrogens is 154 g/mol. The van der Waals surface area contributed by atoms with Gasteiger partial charge in [0.15, 0.2) is 11.8 Å². The van der Waals surface area contributed by atoms with Gasteiger partial charge in [0.05, 0.1) is 12.7 Å². The molecule has 0 saturated carbocycles. The molecule has 0 atom stereocenters. The van der Waals surface area contributed by atoms with Gasteiger partial charge in [-0.05, 0) is 0 Å². The smallest absolute Gasteiger partial charge is 0.197 e.